The molecular formula is C8H8O4S. The summed E-state index contributed by atoms with van der Waals surface area (Å²) in [6.45, 7) is 0. The molecule has 4 nitrogen and oxygen atoms in total. The molecule has 0 saturated heterocycles. The van der Waals surface area contributed by atoms with Gasteiger partial charge in [-0.3, -0.25) is 0 Å². The number of carbonyl (C=O) groups is 1. The van der Waals surface area contributed by atoms with Crippen LogP contribution in [0.4, 0.5) is 4.79 Å². The molecule has 0 aliphatic heterocycles. The minimum atomic E-state index is -4.03. The van der Waals surface area contributed by atoms with Gasteiger partial charge in [0.15, 0.2) is 0 Å². The summed E-state index contributed by atoms with van der Waals surface area (Å²) in [5, 5.41) is 6.53. The molecular weight excluding hydrogens is 192 g/mol. The molecule has 70 valence electrons. The molecule has 1 aromatic rings. The smallest absolute Gasteiger partial charge is 0.422 e. The lowest BCUT2D eigenvalue weighted by atomic mass is 10.2. The Labute approximate surface area is 75.7 Å². The van der Waals surface area contributed by atoms with Crippen LogP contribution in [0.5, 0.6) is 0 Å². The van der Waals surface area contributed by atoms with Gasteiger partial charge in [0, 0.05) is 0 Å². The quantitative estimate of drug-likeness (QED) is 0.780. The van der Waals surface area contributed by atoms with Gasteiger partial charge >= 0.3 is 5.30 Å². The first-order valence-corrected chi connectivity index (χ1v) is 5.17. The molecule has 0 bridgehead atoms. The summed E-state index contributed by atoms with van der Waals surface area (Å²) < 4.78 is 21.8. The Hall–Kier alpha value is -1.36. The zero-order valence-electron chi connectivity index (χ0n) is 6.67. The zero-order chi connectivity index (χ0) is 9.90. The minimum absolute atomic E-state index is 0.455. The van der Waals surface area contributed by atoms with Gasteiger partial charge in [0.05, 0.1) is 5.75 Å². The Morgan fingerprint density at radius 2 is 1.77 bits per heavy atom. The summed E-state index contributed by atoms with van der Waals surface area (Å²) in [6.07, 6.45) is 0. The summed E-state index contributed by atoms with van der Waals surface area (Å²) in [5.74, 6) is -0.455. The highest BCUT2D eigenvalue weighted by molar-refractivity contribution is 8.04. The maximum absolute atomic E-state index is 10.9. The van der Waals surface area contributed by atoms with Crippen molar-refractivity contribution in [1.29, 1.82) is 0 Å². The second-order valence-electron chi connectivity index (χ2n) is 2.51. The lowest BCUT2D eigenvalue weighted by molar-refractivity contribution is 0.219. The molecule has 1 aromatic carbocycles. The van der Waals surface area contributed by atoms with Gasteiger partial charge in [0.25, 0.3) is 9.84 Å². The molecule has 0 fully saturated rings. The Balaban J connectivity index is 2.88. The van der Waals surface area contributed by atoms with E-state index in [9.17, 15) is 13.2 Å². The van der Waals surface area contributed by atoms with Crippen molar-refractivity contribution in [2.45, 2.75) is 5.75 Å². The van der Waals surface area contributed by atoms with Crippen LogP contribution < -0.4 is 0 Å². The molecule has 13 heavy (non-hydrogen) atoms. The average molecular weight is 200 g/mol. The molecule has 5 heteroatoms. The minimum Gasteiger partial charge on any atom is -0.470 e. The van der Waals surface area contributed by atoms with Gasteiger partial charge in [-0.25, -0.2) is 13.2 Å². The third-order valence-electron chi connectivity index (χ3n) is 1.47. The number of hydrogen-bond acceptors (Lipinski definition) is 3. The number of carboxylic acid groups (broad SMARTS) is 1. The zero-order valence-corrected chi connectivity index (χ0v) is 7.49. The van der Waals surface area contributed by atoms with Crippen LogP contribution in [0.1, 0.15) is 5.56 Å². The normalized spacial score (nSPS) is 11.1. The Kier molecular flexibility index (Phi) is 2.67. The predicted octanol–water partition coefficient (Wildman–Crippen LogP) is 1.28. The van der Waals surface area contributed by atoms with Gasteiger partial charge in [-0.2, -0.15) is 0 Å². The van der Waals surface area contributed by atoms with E-state index < -0.39 is 20.9 Å². The largest absolute Gasteiger partial charge is 0.470 e. The molecule has 0 aliphatic rings. The third kappa shape index (κ3) is 2.55. The van der Waals surface area contributed by atoms with E-state index in [0.717, 1.165) is 0 Å². The van der Waals surface area contributed by atoms with E-state index in [4.69, 9.17) is 5.11 Å². The molecule has 0 unspecified atom stereocenters. The highest BCUT2D eigenvalue weighted by Gasteiger charge is 2.20. The lowest BCUT2D eigenvalue weighted by Gasteiger charge is -1.97. The van der Waals surface area contributed by atoms with Crippen LogP contribution in [0.3, 0.4) is 0 Å². The van der Waals surface area contributed by atoms with Crippen molar-refractivity contribution in [3.05, 3.63) is 35.9 Å². The predicted molar refractivity (Wildman–Crippen MR) is 47.1 cm³/mol. The van der Waals surface area contributed by atoms with Crippen LogP contribution in [0.15, 0.2) is 30.3 Å². The first kappa shape index (κ1) is 9.73. The average Bonchev–Trinajstić information content (AvgIpc) is 2.05. The summed E-state index contributed by atoms with van der Waals surface area (Å²) >= 11 is 0. The van der Waals surface area contributed by atoms with E-state index in [0.29, 0.717) is 5.56 Å². The SMILES string of the molecule is O=C(O)S(=O)(=O)Cc1ccccc1. The fourth-order valence-electron chi connectivity index (χ4n) is 0.855. The van der Waals surface area contributed by atoms with Crippen molar-refractivity contribution >= 4 is 15.1 Å². The van der Waals surface area contributed by atoms with E-state index in [2.05, 4.69) is 0 Å². The molecule has 1 N–H and O–H groups in total. The second kappa shape index (κ2) is 3.57. The van der Waals surface area contributed by atoms with Gasteiger partial charge in [0.2, 0.25) is 0 Å². The van der Waals surface area contributed by atoms with E-state index >= 15 is 0 Å². The van der Waals surface area contributed by atoms with Crippen LogP contribution in [-0.4, -0.2) is 18.8 Å². The molecule has 0 atom stereocenters. The highest BCUT2D eigenvalue weighted by atomic mass is 32.2. The van der Waals surface area contributed by atoms with E-state index in [1.165, 1.54) is 0 Å². The summed E-state index contributed by atoms with van der Waals surface area (Å²) in [5.41, 5.74) is 0.477. The fourth-order valence-corrected chi connectivity index (χ4v) is 1.61. The molecule has 0 aliphatic carbocycles. The first-order valence-electron chi connectivity index (χ1n) is 3.52. The van der Waals surface area contributed by atoms with E-state index in [1.807, 2.05) is 0 Å². The van der Waals surface area contributed by atoms with Crippen LogP contribution in [0, 0.1) is 0 Å². The summed E-state index contributed by atoms with van der Waals surface area (Å²) in [7, 11) is -4.03. The summed E-state index contributed by atoms with van der Waals surface area (Å²) in [4.78, 5) is 10.2. The van der Waals surface area contributed by atoms with Crippen molar-refractivity contribution in [1.82, 2.24) is 0 Å². The third-order valence-corrected chi connectivity index (χ3v) is 2.71. The fraction of sp³-hybridized carbons (Fsp3) is 0.125. The van der Waals surface area contributed by atoms with Crippen LogP contribution in [-0.2, 0) is 15.6 Å². The first-order chi connectivity index (χ1) is 6.02. The molecule has 0 radical (unpaired) electrons. The number of sulfone groups is 1. The molecule has 0 spiro atoms. The van der Waals surface area contributed by atoms with Gasteiger partial charge in [0.1, 0.15) is 0 Å². The molecule has 0 aromatic heterocycles. The van der Waals surface area contributed by atoms with Crippen molar-refractivity contribution < 1.29 is 18.3 Å². The van der Waals surface area contributed by atoms with Gasteiger partial charge in [-0.05, 0) is 5.56 Å². The molecule has 1 rings (SSSR count). The lowest BCUT2D eigenvalue weighted by Crippen LogP contribution is -2.13. The van der Waals surface area contributed by atoms with Crippen LogP contribution in [0.2, 0.25) is 0 Å². The highest BCUT2D eigenvalue weighted by Crippen LogP contribution is 2.06. The van der Waals surface area contributed by atoms with Crippen molar-refractivity contribution in [2.75, 3.05) is 0 Å². The standard InChI is InChI=1S/C8H8O4S/c9-8(10)13(11,12)6-7-4-2-1-3-5-7/h1-5H,6H2,(H,9,10). The maximum atomic E-state index is 10.9. The maximum Gasteiger partial charge on any atom is 0.422 e. The summed E-state index contributed by atoms with van der Waals surface area (Å²) in [6, 6.07) is 8.19. The molecule has 0 amide bonds. The molecule has 0 heterocycles. The topological polar surface area (TPSA) is 71.4 Å². The van der Waals surface area contributed by atoms with Gasteiger partial charge in [-0.1, -0.05) is 30.3 Å². The van der Waals surface area contributed by atoms with Gasteiger partial charge in [-0.15, -0.1) is 0 Å². The Morgan fingerprint density at radius 3 is 2.23 bits per heavy atom. The monoisotopic (exact) mass is 200 g/mol. The van der Waals surface area contributed by atoms with E-state index in [-0.39, 0.29) is 0 Å². The van der Waals surface area contributed by atoms with Crippen molar-refractivity contribution in [3.8, 4) is 0 Å². The Bertz CT molecular complexity index is 393. The van der Waals surface area contributed by atoms with Crippen LogP contribution in [0.25, 0.3) is 0 Å². The van der Waals surface area contributed by atoms with Crippen LogP contribution >= 0.6 is 0 Å². The Morgan fingerprint density at radius 1 is 1.23 bits per heavy atom. The molecule has 0 saturated carbocycles. The van der Waals surface area contributed by atoms with Crippen molar-refractivity contribution in [3.63, 3.8) is 0 Å². The van der Waals surface area contributed by atoms with Crippen molar-refractivity contribution in [2.24, 2.45) is 0 Å². The number of rotatable bonds is 2. The van der Waals surface area contributed by atoms with E-state index in [1.54, 1.807) is 30.3 Å². The van der Waals surface area contributed by atoms with Gasteiger partial charge < -0.3 is 5.11 Å². The second-order valence-corrected chi connectivity index (χ2v) is 4.38. The number of hydrogen-bond donors (Lipinski definition) is 1. The number of benzene rings is 1.